The van der Waals surface area contributed by atoms with Crippen LogP contribution >= 0.6 is 0 Å². The number of anilines is 1. The van der Waals surface area contributed by atoms with Gasteiger partial charge in [0.15, 0.2) is 5.69 Å². The molecule has 6 nitrogen and oxygen atoms in total. The van der Waals surface area contributed by atoms with Crippen molar-refractivity contribution in [2.24, 2.45) is 0 Å². The second kappa shape index (κ2) is 7.18. The van der Waals surface area contributed by atoms with Crippen LogP contribution < -0.4 is 5.32 Å². The van der Waals surface area contributed by atoms with Crippen molar-refractivity contribution in [3.8, 4) is 5.69 Å². The van der Waals surface area contributed by atoms with Crippen LogP contribution in [0.2, 0.25) is 0 Å². The Bertz CT molecular complexity index is 964. The van der Waals surface area contributed by atoms with Gasteiger partial charge in [-0.05, 0) is 49.4 Å². The number of amides is 1. The summed E-state index contributed by atoms with van der Waals surface area (Å²) in [6.45, 7) is 1.79. The van der Waals surface area contributed by atoms with Gasteiger partial charge in [0.2, 0.25) is 0 Å². The molecular weight excluding hydrogens is 337 g/mol. The number of halogens is 1. The van der Waals surface area contributed by atoms with E-state index in [4.69, 9.17) is 4.74 Å². The monoisotopic (exact) mass is 353 g/mol. The first-order valence-corrected chi connectivity index (χ1v) is 7.81. The van der Waals surface area contributed by atoms with E-state index in [0.717, 1.165) is 0 Å². The minimum absolute atomic E-state index is 0.173. The largest absolute Gasteiger partial charge is 0.465 e. The van der Waals surface area contributed by atoms with Crippen LogP contribution in [0.1, 0.15) is 26.5 Å². The molecule has 1 amide bonds. The molecule has 3 rings (SSSR count). The fourth-order valence-corrected chi connectivity index (χ4v) is 2.50. The van der Waals surface area contributed by atoms with Crippen LogP contribution in [0.4, 0.5) is 10.1 Å². The zero-order chi connectivity index (χ0) is 18.7. The Labute approximate surface area is 149 Å². The molecule has 0 aliphatic heterocycles. The second-order valence-electron chi connectivity index (χ2n) is 5.55. The first kappa shape index (κ1) is 17.3. The maximum atomic E-state index is 13.1. The number of benzene rings is 2. The summed E-state index contributed by atoms with van der Waals surface area (Å²) >= 11 is 0. The molecule has 0 aliphatic carbocycles. The third kappa shape index (κ3) is 3.46. The molecule has 0 saturated carbocycles. The molecule has 0 atom stereocenters. The smallest absolute Gasteiger partial charge is 0.339 e. The average molecular weight is 353 g/mol. The number of para-hydroxylation sites is 1. The van der Waals surface area contributed by atoms with E-state index >= 15 is 0 Å². The number of rotatable bonds is 4. The van der Waals surface area contributed by atoms with Gasteiger partial charge in [-0.3, -0.25) is 4.79 Å². The zero-order valence-corrected chi connectivity index (χ0v) is 14.2. The lowest BCUT2D eigenvalue weighted by Crippen LogP contribution is -2.16. The van der Waals surface area contributed by atoms with Crippen molar-refractivity contribution in [1.82, 2.24) is 9.78 Å². The van der Waals surface area contributed by atoms with Crippen molar-refractivity contribution < 1.29 is 18.7 Å². The molecule has 0 aliphatic rings. The third-order valence-electron chi connectivity index (χ3n) is 3.77. The average Bonchev–Trinajstić information content (AvgIpc) is 3.04. The summed E-state index contributed by atoms with van der Waals surface area (Å²) in [6, 6.07) is 13.9. The number of nitrogens with zero attached hydrogens (tertiary/aromatic N) is 2. The molecule has 1 heterocycles. The Morgan fingerprint density at radius 2 is 1.81 bits per heavy atom. The maximum Gasteiger partial charge on any atom is 0.339 e. The molecule has 3 aromatic rings. The quantitative estimate of drug-likeness (QED) is 0.730. The van der Waals surface area contributed by atoms with E-state index < -0.39 is 11.9 Å². The number of hydrogen-bond acceptors (Lipinski definition) is 4. The number of aromatic nitrogens is 2. The Balaban J connectivity index is 1.87. The van der Waals surface area contributed by atoms with E-state index in [9.17, 15) is 14.0 Å². The van der Waals surface area contributed by atoms with E-state index in [-0.39, 0.29) is 17.1 Å². The van der Waals surface area contributed by atoms with Gasteiger partial charge in [-0.15, -0.1) is 0 Å². The standard InChI is InChI=1S/C19H16FN3O3/c1-12-11-17(22-23(12)14-9-7-13(20)8-10-14)18(24)21-16-6-4-3-5-15(16)19(25)26-2/h3-11H,1-2H3,(H,21,24). The van der Waals surface area contributed by atoms with Crippen LogP contribution in [-0.2, 0) is 4.74 Å². The van der Waals surface area contributed by atoms with Gasteiger partial charge in [-0.2, -0.15) is 5.10 Å². The Kier molecular flexibility index (Phi) is 4.79. The third-order valence-corrected chi connectivity index (χ3v) is 3.77. The molecule has 7 heteroatoms. The lowest BCUT2D eigenvalue weighted by Gasteiger charge is -2.08. The number of ether oxygens (including phenoxy) is 1. The van der Waals surface area contributed by atoms with Crippen molar-refractivity contribution in [1.29, 1.82) is 0 Å². The lowest BCUT2D eigenvalue weighted by atomic mass is 10.1. The van der Waals surface area contributed by atoms with Gasteiger partial charge in [-0.25, -0.2) is 13.9 Å². The molecule has 26 heavy (non-hydrogen) atoms. The van der Waals surface area contributed by atoms with E-state index in [2.05, 4.69) is 10.4 Å². The Morgan fingerprint density at radius 1 is 1.12 bits per heavy atom. The number of aryl methyl sites for hydroxylation is 1. The van der Waals surface area contributed by atoms with Crippen LogP contribution in [0.3, 0.4) is 0 Å². The molecule has 132 valence electrons. The minimum atomic E-state index is -0.547. The molecular formula is C19H16FN3O3. The highest BCUT2D eigenvalue weighted by atomic mass is 19.1. The predicted octanol–water partition coefficient (Wildman–Crippen LogP) is 3.36. The zero-order valence-electron chi connectivity index (χ0n) is 14.2. The van der Waals surface area contributed by atoms with Crippen LogP contribution in [0.15, 0.2) is 54.6 Å². The van der Waals surface area contributed by atoms with E-state index in [1.807, 2.05) is 0 Å². The molecule has 2 aromatic carbocycles. The molecule has 1 aromatic heterocycles. The van der Waals surface area contributed by atoms with Crippen LogP contribution in [0, 0.1) is 12.7 Å². The lowest BCUT2D eigenvalue weighted by molar-refractivity contribution is 0.0602. The fraction of sp³-hybridized carbons (Fsp3) is 0.105. The highest BCUT2D eigenvalue weighted by Gasteiger charge is 2.17. The number of hydrogen-bond donors (Lipinski definition) is 1. The summed E-state index contributed by atoms with van der Waals surface area (Å²) in [5.74, 6) is -1.37. The highest BCUT2D eigenvalue weighted by molar-refractivity contribution is 6.07. The summed E-state index contributed by atoms with van der Waals surface area (Å²) in [4.78, 5) is 24.3. The predicted molar refractivity (Wildman–Crippen MR) is 94.0 cm³/mol. The van der Waals surface area contributed by atoms with Crippen molar-refractivity contribution >= 4 is 17.6 Å². The number of carbonyl (C=O) groups is 2. The first-order chi connectivity index (χ1) is 12.5. The molecule has 0 unspecified atom stereocenters. The SMILES string of the molecule is COC(=O)c1ccccc1NC(=O)c1cc(C)n(-c2ccc(F)cc2)n1. The number of methoxy groups -OCH3 is 1. The van der Waals surface area contributed by atoms with Gasteiger partial charge in [0, 0.05) is 5.69 Å². The van der Waals surface area contributed by atoms with Crippen molar-refractivity contribution in [2.45, 2.75) is 6.92 Å². The van der Waals surface area contributed by atoms with Gasteiger partial charge >= 0.3 is 5.97 Å². The van der Waals surface area contributed by atoms with E-state index in [0.29, 0.717) is 17.1 Å². The van der Waals surface area contributed by atoms with Crippen LogP contribution in [0.25, 0.3) is 5.69 Å². The molecule has 0 fully saturated rings. The summed E-state index contributed by atoms with van der Waals surface area (Å²) in [7, 11) is 1.27. The topological polar surface area (TPSA) is 73.2 Å². The molecule has 0 radical (unpaired) electrons. The Morgan fingerprint density at radius 3 is 2.50 bits per heavy atom. The van der Waals surface area contributed by atoms with E-state index in [1.165, 1.54) is 19.2 Å². The van der Waals surface area contributed by atoms with Gasteiger partial charge < -0.3 is 10.1 Å². The summed E-state index contributed by atoms with van der Waals surface area (Å²) in [5, 5.41) is 6.93. The molecule has 0 saturated heterocycles. The number of nitrogens with one attached hydrogen (secondary N) is 1. The summed E-state index contributed by atoms with van der Waals surface area (Å²) in [5.41, 5.74) is 2.10. The number of carbonyl (C=O) groups excluding carboxylic acids is 2. The molecule has 0 bridgehead atoms. The minimum Gasteiger partial charge on any atom is -0.465 e. The van der Waals surface area contributed by atoms with Crippen molar-refractivity contribution in [2.75, 3.05) is 12.4 Å². The maximum absolute atomic E-state index is 13.1. The normalized spacial score (nSPS) is 10.4. The fourth-order valence-electron chi connectivity index (χ4n) is 2.50. The first-order valence-electron chi connectivity index (χ1n) is 7.81. The van der Waals surface area contributed by atoms with Gasteiger partial charge in [0.05, 0.1) is 24.0 Å². The summed E-state index contributed by atoms with van der Waals surface area (Å²) < 4.78 is 19.3. The van der Waals surface area contributed by atoms with Gasteiger partial charge in [0.25, 0.3) is 5.91 Å². The van der Waals surface area contributed by atoms with Gasteiger partial charge in [0.1, 0.15) is 5.82 Å². The van der Waals surface area contributed by atoms with E-state index in [1.54, 1.807) is 54.1 Å². The van der Waals surface area contributed by atoms with Crippen molar-refractivity contribution in [3.63, 3.8) is 0 Å². The van der Waals surface area contributed by atoms with Crippen LogP contribution in [-0.4, -0.2) is 28.8 Å². The Hall–Kier alpha value is -3.48. The number of esters is 1. The molecule has 1 N–H and O–H groups in total. The van der Waals surface area contributed by atoms with Crippen LogP contribution in [0.5, 0.6) is 0 Å². The van der Waals surface area contributed by atoms with Gasteiger partial charge in [-0.1, -0.05) is 12.1 Å². The van der Waals surface area contributed by atoms with Crippen molar-refractivity contribution in [3.05, 3.63) is 77.4 Å². The second-order valence-corrected chi connectivity index (χ2v) is 5.55. The summed E-state index contributed by atoms with van der Waals surface area (Å²) in [6.07, 6.45) is 0. The highest BCUT2D eigenvalue weighted by Crippen LogP contribution is 2.18. The molecule has 0 spiro atoms.